The summed E-state index contributed by atoms with van der Waals surface area (Å²) in [6, 6.07) is -1.43. The van der Waals surface area contributed by atoms with Crippen molar-refractivity contribution in [3.8, 4) is 0 Å². The third-order valence-electron chi connectivity index (χ3n) is 1.86. The molecule has 0 amide bonds. The maximum Gasteiger partial charge on any atom is 0.342 e. The van der Waals surface area contributed by atoms with Gasteiger partial charge in [-0.1, -0.05) is 0 Å². The first-order chi connectivity index (χ1) is 6.36. The van der Waals surface area contributed by atoms with Gasteiger partial charge in [-0.05, 0) is 18.5 Å². The lowest BCUT2D eigenvalue weighted by Gasteiger charge is -2.19. The molecule has 3 N–H and O–H groups in total. The molecule has 14 heavy (non-hydrogen) atoms. The Bertz CT molecular complexity index is 320. The van der Waals surface area contributed by atoms with Crippen LogP contribution in [0.1, 0.15) is 17.3 Å². The van der Waals surface area contributed by atoms with Gasteiger partial charge in [-0.25, -0.2) is 5.43 Å². The molecule has 0 bridgehead atoms. The zero-order chi connectivity index (χ0) is 10.9. The highest BCUT2D eigenvalue weighted by Gasteiger charge is 2.39. The van der Waals surface area contributed by atoms with Crippen molar-refractivity contribution in [2.45, 2.75) is 18.3 Å². The molecule has 1 rings (SSSR count). The molecule has 7 heteroatoms. The van der Waals surface area contributed by atoms with Crippen LogP contribution in [0.15, 0.2) is 6.20 Å². The number of hydrogen-bond donors (Lipinski definition) is 2. The Hall–Kier alpha value is -0.720. The summed E-state index contributed by atoms with van der Waals surface area (Å²) in [7, 11) is 1.64. The van der Waals surface area contributed by atoms with E-state index in [9.17, 15) is 8.78 Å². The van der Waals surface area contributed by atoms with E-state index in [4.69, 9.17) is 17.4 Å². The number of nitrogens with zero attached hydrogens (tertiary/aromatic N) is 2. The van der Waals surface area contributed by atoms with Crippen LogP contribution < -0.4 is 11.3 Å². The maximum absolute atomic E-state index is 12.8. The van der Waals surface area contributed by atoms with E-state index in [-0.39, 0.29) is 5.56 Å². The SMILES string of the molecule is Cc1nn(C)cc1C(NN)C(F)(F)Cl. The Labute approximate surface area is 85.0 Å². The van der Waals surface area contributed by atoms with E-state index >= 15 is 0 Å². The fraction of sp³-hybridized carbons (Fsp3) is 0.571. The monoisotopic (exact) mass is 224 g/mol. The number of nitrogens with two attached hydrogens (primary N) is 1. The van der Waals surface area contributed by atoms with Gasteiger partial charge in [-0.3, -0.25) is 10.5 Å². The van der Waals surface area contributed by atoms with Crippen molar-refractivity contribution in [2.24, 2.45) is 12.9 Å². The molecule has 0 saturated carbocycles. The minimum atomic E-state index is -3.44. The van der Waals surface area contributed by atoms with E-state index < -0.39 is 11.4 Å². The average molecular weight is 225 g/mol. The minimum absolute atomic E-state index is 0.287. The topological polar surface area (TPSA) is 55.9 Å². The molecule has 0 aliphatic rings. The van der Waals surface area contributed by atoms with Gasteiger partial charge in [0.15, 0.2) is 0 Å². The smallest absolute Gasteiger partial charge is 0.275 e. The molecule has 1 atom stereocenters. The Morgan fingerprint density at radius 3 is 2.57 bits per heavy atom. The van der Waals surface area contributed by atoms with E-state index in [0.29, 0.717) is 5.69 Å². The second-order valence-corrected chi connectivity index (χ2v) is 3.49. The van der Waals surface area contributed by atoms with Gasteiger partial charge >= 0.3 is 5.38 Å². The van der Waals surface area contributed by atoms with E-state index in [1.807, 2.05) is 5.43 Å². The quantitative estimate of drug-likeness (QED) is 0.459. The van der Waals surface area contributed by atoms with Gasteiger partial charge in [0.1, 0.15) is 6.04 Å². The molecular weight excluding hydrogens is 214 g/mol. The maximum atomic E-state index is 12.8. The van der Waals surface area contributed by atoms with Gasteiger partial charge < -0.3 is 0 Å². The van der Waals surface area contributed by atoms with Crippen LogP contribution >= 0.6 is 11.6 Å². The second kappa shape index (κ2) is 3.80. The predicted octanol–water partition coefficient (Wildman–Crippen LogP) is 1.06. The lowest BCUT2D eigenvalue weighted by atomic mass is 10.1. The van der Waals surface area contributed by atoms with E-state index in [1.54, 1.807) is 14.0 Å². The second-order valence-electron chi connectivity index (χ2n) is 2.98. The van der Waals surface area contributed by atoms with Gasteiger partial charge in [-0.15, -0.1) is 0 Å². The fourth-order valence-corrected chi connectivity index (χ4v) is 1.44. The number of hydrogen-bond acceptors (Lipinski definition) is 3. The average Bonchev–Trinajstić information content (AvgIpc) is 2.29. The van der Waals surface area contributed by atoms with Crippen molar-refractivity contribution in [1.29, 1.82) is 0 Å². The first kappa shape index (κ1) is 11.4. The number of rotatable bonds is 3. The van der Waals surface area contributed by atoms with E-state index in [2.05, 4.69) is 5.10 Å². The van der Waals surface area contributed by atoms with E-state index in [1.165, 1.54) is 10.9 Å². The number of aromatic nitrogens is 2. The molecule has 1 heterocycles. The van der Waals surface area contributed by atoms with Crippen LogP contribution in [0, 0.1) is 6.92 Å². The molecule has 1 aromatic rings. The highest BCUT2D eigenvalue weighted by atomic mass is 35.5. The number of halogens is 3. The summed E-state index contributed by atoms with van der Waals surface area (Å²) >= 11 is 4.90. The third-order valence-corrected chi connectivity index (χ3v) is 2.07. The highest BCUT2D eigenvalue weighted by Crippen LogP contribution is 2.35. The molecule has 0 aliphatic heterocycles. The summed E-state index contributed by atoms with van der Waals surface area (Å²) < 4.78 is 27.1. The zero-order valence-corrected chi connectivity index (χ0v) is 8.52. The Balaban J connectivity index is 3.07. The van der Waals surface area contributed by atoms with Gasteiger partial charge in [0.2, 0.25) is 0 Å². The van der Waals surface area contributed by atoms with Crippen molar-refractivity contribution in [3.63, 3.8) is 0 Å². The van der Waals surface area contributed by atoms with Gasteiger partial charge in [0, 0.05) is 18.8 Å². The number of alkyl halides is 3. The van der Waals surface area contributed by atoms with Gasteiger partial charge in [-0.2, -0.15) is 13.9 Å². The molecule has 1 aromatic heterocycles. The Morgan fingerprint density at radius 2 is 2.29 bits per heavy atom. The molecular formula is C7H11ClF2N4. The minimum Gasteiger partial charge on any atom is -0.275 e. The molecule has 0 fully saturated rings. The normalized spacial score (nSPS) is 14.4. The Morgan fingerprint density at radius 1 is 1.71 bits per heavy atom. The molecule has 0 spiro atoms. The van der Waals surface area contributed by atoms with Crippen LogP contribution in [0.3, 0.4) is 0 Å². The zero-order valence-electron chi connectivity index (χ0n) is 7.76. The first-order valence-corrected chi connectivity index (χ1v) is 4.27. The largest absolute Gasteiger partial charge is 0.342 e. The molecule has 0 radical (unpaired) electrons. The molecule has 4 nitrogen and oxygen atoms in total. The first-order valence-electron chi connectivity index (χ1n) is 3.89. The lowest BCUT2D eigenvalue weighted by Crippen LogP contribution is -2.38. The predicted molar refractivity (Wildman–Crippen MR) is 48.8 cm³/mol. The summed E-state index contributed by atoms with van der Waals surface area (Å²) in [4.78, 5) is 0. The molecule has 0 saturated heterocycles. The summed E-state index contributed by atoms with van der Waals surface area (Å²) in [6.07, 6.45) is 1.45. The van der Waals surface area contributed by atoms with Crippen LogP contribution in [0.4, 0.5) is 8.78 Å². The van der Waals surface area contributed by atoms with Gasteiger partial charge in [0.25, 0.3) is 0 Å². The van der Waals surface area contributed by atoms with Crippen molar-refractivity contribution >= 4 is 11.6 Å². The number of nitrogens with one attached hydrogen (secondary N) is 1. The van der Waals surface area contributed by atoms with Crippen molar-refractivity contribution in [1.82, 2.24) is 15.2 Å². The van der Waals surface area contributed by atoms with Crippen LogP contribution in [0.2, 0.25) is 0 Å². The molecule has 80 valence electrons. The van der Waals surface area contributed by atoms with Crippen LogP contribution in [0.25, 0.3) is 0 Å². The standard InChI is InChI=1S/C7H11ClF2N4/c1-4-5(3-14(2)13-4)6(12-11)7(8,9)10/h3,6,12H,11H2,1-2H3. The molecule has 0 aromatic carbocycles. The van der Waals surface area contributed by atoms with Crippen molar-refractivity contribution in [2.75, 3.05) is 0 Å². The van der Waals surface area contributed by atoms with Crippen molar-refractivity contribution in [3.05, 3.63) is 17.5 Å². The molecule has 0 aliphatic carbocycles. The molecule has 1 unspecified atom stereocenters. The van der Waals surface area contributed by atoms with Gasteiger partial charge in [0.05, 0.1) is 5.69 Å². The van der Waals surface area contributed by atoms with E-state index in [0.717, 1.165) is 0 Å². The summed E-state index contributed by atoms with van der Waals surface area (Å²) in [5, 5.41) is 0.481. The van der Waals surface area contributed by atoms with Crippen LogP contribution in [-0.4, -0.2) is 15.2 Å². The van der Waals surface area contributed by atoms with Crippen LogP contribution in [-0.2, 0) is 7.05 Å². The Kier molecular flexibility index (Phi) is 3.08. The number of hydrazine groups is 1. The summed E-state index contributed by atoms with van der Waals surface area (Å²) in [6.45, 7) is 1.61. The number of aryl methyl sites for hydroxylation is 2. The van der Waals surface area contributed by atoms with Crippen molar-refractivity contribution < 1.29 is 8.78 Å². The summed E-state index contributed by atoms with van der Waals surface area (Å²) in [5.74, 6) is 5.02. The van der Waals surface area contributed by atoms with Crippen LogP contribution in [0.5, 0.6) is 0 Å². The third kappa shape index (κ3) is 2.20. The lowest BCUT2D eigenvalue weighted by molar-refractivity contribution is 0.0495. The fourth-order valence-electron chi connectivity index (χ4n) is 1.26. The highest BCUT2D eigenvalue weighted by molar-refractivity contribution is 6.22. The summed E-state index contributed by atoms with van der Waals surface area (Å²) in [5.41, 5.74) is 2.73.